The number of rotatable bonds is 8. The Morgan fingerprint density at radius 2 is 1.60 bits per heavy atom. The van der Waals surface area contributed by atoms with Crippen molar-refractivity contribution < 1.29 is 37.7 Å². The third kappa shape index (κ3) is 5.33. The molecule has 1 aliphatic heterocycles. The first kappa shape index (κ1) is 28.1. The monoisotopic (exact) mass is 574 g/mol. The molecule has 4 amide bonds. The Hall–Kier alpha value is -5.39. The summed E-state index contributed by atoms with van der Waals surface area (Å²) in [7, 11) is 5.99. The third-order valence-electron chi connectivity index (χ3n) is 6.76. The number of hydrogen-bond acceptors (Lipinski definition) is 8. The van der Waals surface area contributed by atoms with Crippen molar-refractivity contribution in [2.45, 2.75) is 0 Å². The van der Waals surface area contributed by atoms with Gasteiger partial charge in [0.1, 0.15) is 29.0 Å². The normalized spacial score (nSPS) is 15.0. The standard InChI is InChI=1S/C30H27FN4O7/c1-34-16-21(29(37)35(30(34)38)18-7-5-17(31)6-8-18)28(36)33-22-10-9-19(13-25(22)39-2)42-24-11-12-32-23-15-27(41-4)26(40-3)14-20(23)24/h5-15,21H,16H2,1-4H3,(H,33,36). The number of amides is 4. The van der Waals surface area contributed by atoms with Crippen molar-refractivity contribution in [1.29, 1.82) is 0 Å². The molecular weight excluding hydrogens is 547 g/mol. The van der Waals surface area contributed by atoms with Crippen LogP contribution in [0.5, 0.6) is 28.7 Å². The van der Waals surface area contributed by atoms with Crippen molar-refractivity contribution >= 4 is 40.1 Å². The summed E-state index contributed by atoms with van der Waals surface area (Å²) >= 11 is 0. The van der Waals surface area contributed by atoms with Crippen LogP contribution in [0.15, 0.2) is 66.9 Å². The van der Waals surface area contributed by atoms with Gasteiger partial charge in [0.15, 0.2) is 11.5 Å². The number of hydrogen-bond donors (Lipinski definition) is 1. The summed E-state index contributed by atoms with van der Waals surface area (Å²) in [5.41, 5.74) is 1.09. The van der Waals surface area contributed by atoms with Crippen molar-refractivity contribution in [3.63, 3.8) is 0 Å². The van der Waals surface area contributed by atoms with Crippen LogP contribution in [0.3, 0.4) is 0 Å². The van der Waals surface area contributed by atoms with E-state index in [1.54, 1.807) is 49.7 Å². The molecule has 0 spiro atoms. The number of pyridine rings is 1. The van der Waals surface area contributed by atoms with E-state index in [2.05, 4.69) is 10.3 Å². The van der Waals surface area contributed by atoms with Gasteiger partial charge in [-0.15, -0.1) is 0 Å². The van der Waals surface area contributed by atoms with E-state index in [9.17, 15) is 18.8 Å². The van der Waals surface area contributed by atoms with Crippen molar-refractivity contribution in [2.75, 3.05) is 45.1 Å². The Balaban J connectivity index is 1.37. The molecule has 5 rings (SSSR count). The van der Waals surface area contributed by atoms with E-state index in [-0.39, 0.29) is 18.0 Å². The second-order valence-corrected chi connectivity index (χ2v) is 9.35. The summed E-state index contributed by atoms with van der Waals surface area (Å²) in [6.07, 6.45) is 1.60. The fourth-order valence-corrected chi connectivity index (χ4v) is 4.60. The minimum atomic E-state index is -1.21. The minimum Gasteiger partial charge on any atom is -0.494 e. The molecule has 1 unspecified atom stereocenters. The lowest BCUT2D eigenvalue weighted by atomic mass is 10.0. The number of carbonyl (C=O) groups excluding carboxylic acids is 3. The van der Waals surface area contributed by atoms with Crippen molar-refractivity contribution in [3.05, 3.63) is 72.7 Å². The number of aromatic nitrogens is 1. The van der Waals surface area contributed by atoms with Crippen molar-refractivity contribution in [2.24, 2.45) is 5.92 Å². The van der Waals surface area contributed by atoms with E-state index < -0.39 is 29.6 Å². The molecule has 4 aromatic rings. The maximum absolute atomic E-state index is 13.4. The summed E-state index contributed by atoms with van der Waals surface area (Å²) in [4.78, 5) is 45.8. The van der Waals surface area contributed by atoms with Crippen LogP contribution in [-0.4, -0.2) is 62.7 Å². The zero-order valence-corrected chi connectivity index (χ0v) is 23.2. The van der Waals surface area contributed by atoms with Crippen molar-refractivity contribution in [3.8, 4) is 28.7 Å². The van der Waals surface area contributed by atoms with Crippen LogP contribution in [-0.2, 0) is 9.59 Å². The van der Waals surface area contributed by atoms with Gasteiger partial charge in [0, 0.05) is 37.3 Å². The number of benzene rings is 3. The Kier molecular flexibility index (Phi) is 7.78. The second kappa shape index (κ2) is 11.6. The molecule has 1 N–H and O–H groups in total. The molecule has 1 aliphatic rings. The molecule has 1 aromatic heterocycles. The number of halogens is 1. The van der Waals surface area contributed by atoms with Gasteiger partial charge in [0.25, 0.3) is 0 Å². The predicted octanol–water partition coefficient (Wildman–Crippen LogP) is 4.85. The van der Waals surface area contributed by atoms with Crippen LogP contribution < -0.4 is 29.2 Å². The van der Waals surface area contributed by atoms with Gasteiger partial charge in [-0.05, 0) is 48.5 Å². The number of nitrogens with zero attached hydrogens (tertiary/aromatic N) is 3. The molecule has 0 saturated carbocycles. The number of ether oxygens (including phenoxy) is 4. The molecule has 1 saturated heterocycles. The van der Waals surface area contributed by atoms with E-state index in [0.29, 0.717) is 39.6 Å². The Morgan fingerprint density at radius 3 is 2.29 bits per heavy atom. The molecule has 3 aromatic carbocycles. The Bertz CT molecular complexity index is 1680. The molecule has 0 aliphatic carbocycles. The van der Waals surface area contributed by atoms with Gasteiger partial charge in [-0.1, -0.05) is 0 Å². The molecular formula is C30H27FN4O7. The zero-order valence-electron chi connectivity index (χ0n) is 23.2. The highest BCUT2D eigenvalue weighted by Gasteiger charge is 2.42. The maximum atomic E-state index is 13.4. The number of methoxy groups -OCH3 is 3. The third-order valence-corrected chi connectivity index (χ3v) is 6.76. The van der Waals surface area contributed by atoms with E-state index in [1.165, 1.54) is 38.3 Å². The van der Waals surface area contributed by atoms with Gasteiger partial charge in [-0.3, -0.25) is 14.6 Å². The topological polar surface area (TPSA) is 120 Å². The van der Waals surface area contributed by atoms with E-state index >= 15 is 0 Å². The van der Waals surface area contributed by atoms with Gasteiger partial charge in [-0.2, -0.15) is 0 Å². The maximum Gasteiger partial charge on any atom is 0.331 e. The van der Waals surface area contributed by atoms with E-state index in [0.717, 1.165) is 17.0 Å². The van der Waals surface area contributed by atoms with Crippen LogP contribution in [0.1, 0.15) is 0 Å². The first-order valence-electron chi connectivity index (χ1n) is 12.8. The highest BCUT2D eigenvalue weighted by atomic mass is 19.1. The van der Waals surface area contributed by atoms with Gasteiger partial charge < -0.3 is 29.2 Å². The molecule has 12 heteroatoms. The highest BCUT2D eigenvalue weighted by Crippen LogP contribution is 2.38. The van der Waals surface area contributed by atoms with E-state index in [1.807, 2.05) is 0 Å². The molecule has 11 nitrogen and oxygen atoms in total. The van der Waals surface area contributed by atoms with Crippen LogP contribution in [0.4, 0.5) is 20.6 Å². The van der Waals surface area contributed by atoms with Crippen molar-refractivity contribution in [1.82, 2.24) is 9.88 Å². The van der Waals surface area contributed by atoms with Crippen LogP contribution in [0.2, 0.25) is 0 Å². The lowest BCUT2D eigenvalue weighted by Crippen LogP contribution is -2.58. The molecule has 1 fully saturated rings. The SMILES string of the molecule is COc1cc(Oc2ccnc3cc(OC)c(OC)cc23)ccc1NC(=O)C1CN(C)C(=O)N(c2ccc(F)cc2)C1=O. The first-order chi connectivity index (χ1) is 20.2. The second-order valence-electron chi connectivity index (χ2n) is 9.35. The summed E-state index contributed by atoms with van der Waals surface area (Å²) in [6, 6.07) is 14.3. The fraction of sp³-hybridized carbons (Fsp3) is 0.200. The van der Waals surface area contributed by atoms with Gasteiger partial charge >= 0.3 is 6.03 Å². The number of urea groups is 1. The number of fused-ring (bicyclic) bond motifs is 1. The van der Waals surface area contributed by atoms with Crippen LogP contribution in [0, 0.1) is 11.7 Å². The molecule has 1 atom stereocenters. The summed E-state index contributed by atoms with van der Waals surface area (Å²) in [6.45, 7) is -0.131. The van der Waals surface area contributed by atoms with Crippen LogP contribution in [0.25, 0.3) is 10.9 Å². The lowest BCUT2D eigenvalue weighted by Gasteiger charge is -2.35. The van der Waals surface area contributed by atoms with E-state index in [4.69, 9.17) is 18.9 Å². The quantitative estimate of drug-likeness (QED) is 0.297. The Morgan fingerprint density at radius 1 is 0.905 bits per heavy atom. The molecule has 216 valence electrons. The largest absolute Gasteiger partial charge is 0.494 e. The van der Waals surface area contributed by atoms with Gasteiger partial charge in [-0.25, -0.2) is 14.1 Å². The average molecular weight is 575 g/mol. The lowest BCUT2D eigenvalue weighted by molar-refractivity contribution is -0.131. The summed E-state index contributed by atoms with van der Waals surface area (Å²) in [5.74, 6) is -0.859. The molecule has 2 heterocycles. The number of anilines is 2. The minimum absolute atomic E-state index is 0.131. The first-order valence-corrected chi connectivity index (χ1v) is 12.8. The molecule has 0 radical (unpaired) electrons. The highest BCUT2D eigenvalue weighted by molar-refractivity contribution is 6.23. The molecule has 0 bridgehead atoms. The summed E-state index contributed by atoms with van der Waals surface area (Å²) < 4.78 is 35.8. The average Bonchev–Trinajstić information content (AvgIpc) is 3.00. The number of nitrogens with one attached hydrogen (secondary N) is 1. The smallest absolute Gasteiger partial charge is 0.331 e. The molecule has 42 heavy (non-hydrogen) atoms. The van der Waals surface area contributed by atoms with Gasteiger partial charge in [0.05, 0.1) is 38.2 Å². The van der Waals surface area contributed by atoms with Crippen LogP contribution >= 0.6 is 0 Å². The predicted molar refractivity (Wildman–Crippen MR) is 152 cm³/mol. The summed E-state index contributed by atoms with van der Waals surface area (Å²) in [5, 5.41) is 3.41. The number of imide groups is 1. The Labute approximate surface area is 240 Å². The number of carbonyl (C=O) groups is 3. The zero-order chi connectivity index (χ0) is 30.0. The van der Waals surface area contributed by atoms with Gasteiger partial charge in [0.2, 0.25) is 11.8 Å². The fourth-order valence-electron chi connectivity index (χ4n) is 4.60.